The van der Waals surface area contributed by atoms with Crippen molar-refractivity contribution >= 4 is 5.97 Å². The minimum atomic E-state index is -0.652. The van der Waals surface area contributed by atoms with E-state index in [1.807, 2.05) is 0 Å². The molecule has 1 spiro atoms. The second-order valence-electron chi connectivity index (χ2n) is 8.01. The van der Waals surface area contributed by atoms with Crippen molar-refractivity contribution in [2.45, 2.75) is 62.7 Å². The summed E-state index contributed by atoms with van der Waals surface area (Å²) in [5.74, 6) is 0.426. The second-order valence-corrected chi connectivity index (χ2v) is 8.01. The fraction of sp³-hybridized carbons (Fsp3) is 0.938. The Labute approximate surface area is 119 Å². The lowest BCUT2D eigenvalue weighted by molar-refractivity contribution is -0.247. The van der Waals surface area contributed by atoms with Gasteiger partial charge in [0.25, 0.3) is 0 Å². The number of fused-ring (bicyclic) bond motifs is 2. The van der Waals surface area contributed by atoms with Gasteiger partial charge in [-0.2, -0.15) is 0 Å². The standard InChI is InChI=1S/C16H23NO3/c1-14-9-15-10-4-2-6-17(15)7-3-5-16(15,19)12(14)8-11(10)20-13(14)18/h10-12,19H,2-9H2,1H3. The normalized spacial score (nSPS) is 60.3. The van der Waals surface area contributed by atoms with Crippen molar-refractivity contribution in [1.82, 2.24) is 4.90 Å². The van der Waals surface area contributed by atoms with Gasteiger partial charge in [0.1, 0.15) is 6.10 Å². The van der Waals surface area contributed by atoms with Crippen LogP contribution in [0.4, 0.5) is 0 Å². The molecule has 0 radical (unpaired) electrons. The molecule has 4 nitrogen and oxygen atoms in total. The van der Waals surface area contributed by atoms with Crippen molar-refractivity contribution in [3.63, 3.8) is 0 Å². The van der Waals surface area contributed by atoms with Crippen LogP contribution in [0.1, 0.15) is 45.4 Å². The number of ether oxygens (including phenoxy) is 1. The summed E-state index contributed by atoms with van der Waals surface area (Å²) in [4.78, 5) is 15.1. The molecular weight excluding hydrogens is 254 g/mol. The Morgan fingerprint density at radius 1 is 1.35 bits per heavy atom. The molecule has 6 atom stereocenters. The lowest BCUT2D eigenvalue weighted by Crippen LogP contribution is -2.75. The molecule has 4 heteroatoms. The van der Waals surface area contributed by atoms with Gasteiger partial charge in [0, 0.05) is 11.8 Å². The Hall–Kier alpha value is -0.610. The van der Waals surface area contributed by atoms with Crippen LogP contribution in [0.5, 0.6) is 0 Å². The second kappa shape index (κ2) is 3.25. The summed E-state index contributed by atoms with van der Waals surface area (Å²) in [6.07, 6.45) is 6.00. The SMILES string of the molecule is CC12CC34C5CCCN3CCCC4(O)C1CC5OC2=O. The molecular formula is C16H23NO3. The number of hydrogen-bond acceptors (Lipinski definition) is 4. The predicted molar refractivity (Wildman–Crippen MR) is 71.9 cm³/mol. The van der Waals surface area contributed by atoms with Gasteiger partial charge in [-0.15, -0.1) is 0 Å². The molecule has 3 saturated heterocycles. The van der Waals surface area contributed by atoms with Crippen molar-refractivity contribution in [3.8, 4) is 0 Å². The monoisotopic (exact) mass is 277 g/mol. The quantitative estimate of drug-likeness (QED) is 0.678. The minimum Gasteiger partial charge on any atom is -0.462 e. The highest BCUT2D eigenvalue weighted by atomic mass is 16.5. The lowest BCUT2D eigenvalue weighted by atomic mass is 9.55. The van der Waals surface area contributed by atoms with E-state index in [9.17, 15) is 9.90 Å². The molecule has 1 N–H and O–H groups in total. The van der Waals surface area contributed by atoms with Crippen molar-refractivity contribution in [3.05, 3.63) is 0 Å². The number of piperidine rings is 2. The molecule has 0 aromatic rings. The maximum absolute atomic E-state index is 12.6. The van der Waals surface area contributed by atoms with Gasteiger partial charge in [0.2, 0.25) is 0 Å². The van der Waals surface area contributed by atoms with Gasteiger partial charge in [-0.3, -0.25) is 9.69 Å². The Morgan fingerprint density at radius 2 is 2.15 bits per heavy atom. The number of aliphatic hydroxyl groups is 1. The van der Waals surface area contributed by atoms with E-state index in [2.05, 4.69) is 11.8 Å². The minimum absolute atomic E-state index is 0.0368. The predicted octanol–water partition coefficient (Wildman–Crippen LogP) is 1.32. The van der Waals surface area contributed by atoms with Gasteiger partial charge in [0.05, 0.1) is 16.6 Å². The van der Waals surface area contributed by atoms with E-state index >= 15 is 0 Å². The van der Waals surface area contributed by atoms with Gasteiger partial charge in [-0.05, 0) is 58.5 Å². The average molecular weight is 277 g/mol. The molecule has 3 aliphatic heterocycles. The molecule has 3 heterocycles. The first kappa shape index (κ1) is 12.0. The van der Waals surface area contributed by atoms with Crippen LogP contribution in [0.25, 0.3) is 0 Å². The van der Waals surface area contributed by atoms with Crippen molar-refractivity contribution in [2.75, 3.05) is 13.1 Å². The van der Waals surface area contributed by atoms with Crippen LogP contribution in [0, 0.1) is 17.3 Å². The summed E-state index contributed by atoms with van der Waals surface area (Å²) in [6, 6.07) is 0. The molecule has 0 amide bonds. The van der Waals surface area contributed by atoms with Gasteiger partial charge >= 0.3 is 5.97 Å². The van der Waals surface area contributed by atoms with Crippen LogP contribution < -0.4 is 0 Å². The molecule has 20 heavy (non-hydrogen) atoms. The molecule has 5 fully saturated rings. The Morgan fingerprint density at radius 3 is 3.00 bits per heavy atom. The zero-order valence-corrected chi connectivity index (χ0v) is 12.1. The van der Waals surface area contributed by atoms with Crippen molar-refractivity contribution < 1.29 is 14.6 Å². The first-order chi connectivity index (χ1) is 9.52. The number of hydrogen-bond donors (Lipinski definition) is 1. The van der Waals surface area contributed by atoms with Crippen molar-refractivity contribution in [2.24, 2.45) is 17.3 Å². The number of carbonyl (C=O) groups excluding carboxylic acids is 1. The number of nitrogens with zero attached hydrogens (tertiary/aromatic N) is 1. The fourth-order valence-corrected chi connectivity index (χ4v) is 6.88. The number of esters is 1. The molecule has 0 aromatic heterocycles. The molecule has 3 bridgehead atoms. The van der Waals surface area contributed by atoms with Crippen LogP contribution in [-0.4, -0.2) is 46.3 Å². The topological polar surface area (TPSA) is 49.8 Å². The molecule has 110 valence electrons. The number of rotatable bonds is 0. The third-order valence-electron chi connectivity index (χ3n) is 7.48. The highest BCUT2D eigenvalue weighted by Crippen LogP contribution is 2.71. The van der Waals surface area contributed by atoms with Crippen molar-refractivity contribution in [1.29, 1.82) is 0 Å². The molecule has 0 aromatic carbocycles. The van der Waals surface area contributed by atoms with E-state index in [0.717, 1.165) is 45.2 Å². The lowest BCUT2D eigenvalue weighted by Gasteiger charge is -2.64. The zero-order valence-electron chi connectivity index (χ0n) is 12.1. The first-order valence-corrected chi connectivity index (χ1v) is 8.21. The molecule has 2 aliphatic carbocycles. The van der Waals surface area contributed by atoms with E-state index in [4.69, 9.17) is 4.74 Å². The van der Waals surface area contributed by atoms with Gasteiger partial charge in [-0.1, -0.05) is 0 Å². The van der Waals surface area contributed by atoms with Crippen LogP contribution >= 0.6 is 0 Å². The highest BCUT2D eigenvalue weighted by molar-refractivity contribution is 5.80. The van der Waals surface area contributed by atoms with Gasteiger partial charge in [-0.25, -0.2) is 0 Å². The Kier molecular flexibility index (Phi) is 1.95. The van der Waals surface area contributed by atoms with E-state index in [-0.39, 0.29) is 23.5 Å². The van der Waals surface area contributed by atoms with E-state index in [0.29, 0.717) is 5.92 Å². The van der Waals surface area contributed by atoms with Gasteiger partial charge < -0.3 is 9.84 Å². The zero-order chi connectivity index (χ0) is 13.8. The van der Waals surface area contributed by atoms with E-state index < -0.39 is 11.0 Å². The summed E-state index contributed by atoms with van der Waals surface area (Å²) in [6.45, 7) is 4.22. The number of carbonyl (C=O) groups is 1. The summed E-state index contributed by atoms with van der Waals surface area (Å²) >= 11 is 0. The van der Waals surface area contributed by atoms with Crippen LogP contribution in [0.2, 0.25) is 0 Å². The van der Waals surface area contributed by atoms with E-state index in [1.54, 1.807) is 0 Å². The summed E-state index contributed by atoms with van der Waals surface area (Å²) < 4.78 is 5.81. The van der Waals surface area contributed by atoms with Gasteiger partial charge in [0.15, 0.2) is 0 Å². The maximum atomic E-state index is 12.6. The van der Waals surface area contributed by atoms with Crippen LogP contribution in [0.15, 0.2) is 0 Å². The largest absolute Gasteiger partial charge is 0.462 e. The molecule has 5 aliphatic rings. The average Bonchev–Trinajstić information content (AvgIpc) is 2.50. The third-order valence-corrected chi connectivity index (χ3v) is 7.48. The summed E-state index contributed by atoms with van der Waals surface area (Å²) in [5.41, 5.74) is -1.28. The van der Waals surface area contributed by atoms with Crippen LogP contribution in [0.3, 0.4) is 0 Å². The molecule has 2 saturated carbocycles. The Balaban J connectivity index is 1.78. The molecule has 5 rings (SSSR count). The van der Waals surface area contributed by atoms with Crippen LogP contribution in [-0.2, 0) is 9.53 Å². The smallest absolute Gasteiger partial charge is 0.312 e. The first-order valence-electron chi connectivity index (χ1n) is 8.21. The van der Waals surface area contributed by atoms with E-state index in [1.165, 1.54) is 6.42 Å². The highest BCUT2D eigenvalue weighted by Gasteiger charge is 2.80. The Bertz CT molecular complexity index is 506. The summed E-state index contributed by atoms with van der Waals surface area (Å²) in [5, 5.41) is 11.6. The maximum Gasteiger partial charge on any atom is 0.312 e. The summed E-state index contributed by atoms with van der Waals surface area (Å²) in [7, 11) is 0. The third kappa shape index (κ3) is 0.970. The molecule has 6 unspecified atom stereocenters. The fourth-order valence-electron chi connectivity index (χ4n) is 6.88.